The van der Waals surface area contributed by atoms with E-state index in [2.05, 4.69) is 0 Å². The zero-order valence-electron chi connectivity index (χ0n) is 10.4. The van der Waals surface area contributed by atoms with Gasteiger partial charge in [-0.1, -0.05) is 20.3 Å². The predicted octanol–water partition coefficient (Wildman–Crippen LogP) is 2.37. The van der Waals surface area contributed by atoms with Crippen molar-refractivity contribution >= 4 is 5.69 Å². The van der Waals surface area contributed by atoms with Gasteiger partial charge in [-0.25, -0.2) is 0 Å². The molecule has 1 heterocycles. The highest BCUT2D eigenvalue weighted by molar-refractivity contribution is 5.56. The molecule has 0 radical (unpaired) electrons. The maximum atomic E-state index is 11.1. The topological polar surface area (TPSA) is 87.6 Å². The van der Waals surface area contributed by atoms with Crippen LogP contribution in [0.2, 0.25) is 0 Å². The van der Waals surface area contributed by atoms with E-state index in [0.29, 0.717) is 17.1 Å². The van der Waals surface area contributed by atoms with E-state index in [-0.39, 0.29) is 24.4 Å². The molecule has 0 saturated carbocycles. The van der Waals surface area contributed by atoms with Gasteiger partial charge in [-0.3, -0.25) is 10.1 Å². The predicted molar refractivity (Wildman–Crippen MR) is 65.6 cm³/mol. The summed E-state index contributed by atoms with van der Waals surface area (Å²) in [6, 6.07) is 2.63. The lowest BCUT2D eigenvalue weighted by Crippen LogP contribution is -2.19. The molecule has 0 aromatic heterocycles. The van der Waals surface area contributed by atoms with E-state index in [1.807, 2.05) is 13.8 Å². The monoisotopic (exact) mass is 252 g/mol. The van der Waals surface area contributed by atoms with Gasteiger partial charge in [0.2, 0.25) is 6.79 Å². The van der Waals surface area contributed by atoms with Crippen molar-refractivity contribution < 1.29 is 14.4 Å². The molecule has 1 aromatic rings. The molecule has 2 rings (SSSR count). The number of ether oxygens (including phenoxy) is 2. The summed E-state index contributed by atoms with van der Waals surface area (Å²) < 4.78 is 10.4. The molecule has 1 aliphatic heterocycles. The third kappa shape index (κ3) is 2.11. The van der Waals surface area contributed by atoms with Crippen LogP contribution in [0.25, 0.3) is 0 Å². The fourth-order valence-corrected chi connectivity index (χ4v) is 1.93. The Morgan fingerprint density at radius 1 is 1.44 bits per heavy atom. The molecule has 0 aliphatic carbocycles. The summed E-state index contributed by atoms with van der Waals surface area (Å²) in [6.07, 6.45) is 0.854. The van der Waals surface area contributed by atoms with Crippen molar-refractivity contribution in [2.24, 2.45) is 11.7 Å². The van der Waals surface area contributed by atoms with Crippen LogP contribution in [0.5, 0.6) is 11.5 Å². The molecule has 6 heteroatoms. The van der Waals surface area contributed by atoms with Gasteiger partial charge in [0.1, 0.15) is 0 Å². The fraction of sp³-hybridized carbons (Fsp3) is 0.500. The number of hydrogen-bond donors (Lipinski definition) is 1. The van der Waals surface area contributed by atoms with Crippen molar-refractivity contribution in [3.05, 3.63) is 27.8 Å². The molecule has 98 valence electrons. The Bertz CT molecular complexity index is 475. The van der Waals surface area contributed by atoms with Crippen molar-refractivity contribution in [1.82, 2.24) is 0 Å². The molecule has 18 heavy (non-hydrogen) atoms. The summed E-state index contributed by atoms with van der Waals surface area (Å²) in [7, 11) is 0. The fourth-order valence-electron chi connectivity index (χ4n) is 1.93. The first-order valence-electron chi connectivity index (χ1n) is 5.88. The number of fused-ring (bicyclic) bond motifs is 1. The van der Waals surface area contributed by atoms with Crippen LogP contribution in [0.3, 0.4) is 0 Å². The van der Waals surface area contributed by atoms with Crippen LogP contribution in [0.1, 0.15) is 31.9 Å². The van der Waals surface area contributed by atoms with Crippen molar-refractivity contribution in [2.45, 2.75) is 26.3 Å². The summed E-state index contributed by atoms with van der Waals surface area (Å²) in [5.74, 6) is 1.08. The number of nitro groups is 1. The Morgan fingerprint density at radius 2 is 2.06 bits per heavy atom. The molecule has 0 amide bonds. The Hall–Kier alpha value is -1.82. The van der Waals surface area contributed by atoms with Gasteiger partial charge in [0.05, 0.1) is 16.6 Å². The average molecular weight is 252 g/mol. The van der Waals surface area contributed by atoms with Crippen molar-refractivity contribution in [2.75, 3.05) is 6.79 Å². The lowest BCUT2D eigenvalue weighted by molar-refractivity contribution is -0.385. The quantitative estimate of drug-likeness (QED) is 0.656. The number of nitro benzene ring substituents is 1. The average Bonchev–Trinajstić information content (AvgIpc) is 2.82. The van der Waals surface area contributed by atoms with E-state index in [1.165, 1.54) is 6.07 Å². The second-order valence-corrected chi connectivity index (χ2v) is 4.43. The van der Waals surface area contributed by atoms with E-state index in [4.69, 9.17) is 15.2 Å². The van der Waals surface area contributed by atoms with Gasteiger partial charge in [-0.05, 0) is 12.0 Å². The zero-order chi connectivity index (χ0) is 13.3. The summed E-state index contributed by atoms with van der Waals surface area (Å²) in [5.41, 5.74) is 6.57. The molecular weight excluding hydrogens is 236 g/mol. The van der Waals surface area contributed by atoms with Crippen LogP contribution < -0.4 is 15.2 Å². The van der Waals surface area contributed by atoms with Crippen LogP contribution in [-0.4, -0.2) is 11.7 Å². The highest BCUT2D eigenvalue weighted by Gasteiger charge is 2.28. The highest BCUT2D eigenvalue weighted by atomic mass is 16.7. The largest absolute Gasteiger partial charge is 0.454 e. The minimum absolute atomic E-state index is 0.00736. The Balaban J connectivity index is 2.47. The van der Waals surface area contributed by atoms with E-state index in [9.17, 15) is 10.1 Å². The first-order valence-corrected chi connectivity index (χ1v) is 5.88. The van der Waals surface area contributed by atoms with Gasteiger partial charge < -0.3 is 15.2 Å². The van der Waals surface area contributed by atoms with Crippen LogP contribution in [0, 0.1) is 16.0 Å². The van der Waals surface area contributed by atoms with E-state index in [0.717, 1.165) is 6.42 Å². The Kier molecular flexibility index (Phi) is 3.38. The number of nitrogens with two attached hydrogens (primary N) is 1. The molecule has 2 atom stereocenters. The molecule has 6 nitrogen and oxygen atoms in total. The standard InChI is InChI=1S/C12H16N2O4/c1-3-7(2)12(13)8-4-10-11(18-6-17-10)5-9(8)14(15)16/h4-5,7,12H,3,6,13H2,1-2H3/t7?,12-/m0/s1. The van der Waals surface area contributed by atoms with Crippen LogP contribution in [0.4, 0.5) is 5.69 Å². The molecular formula is C12H16N2O4. The van der Waals surface area contributed by atoms with Gasteiger partial charge in [0, 0.05) is 6.04 Å². The van der Waals surface area contributed by atoms with Gasteiger partial charge in [0.25, 0.3) is 5.69 Å². The van der Waals surface area contributed by atoms with Crippen LogP contribution in [0.15, 0.2) is 12.1 Å². The van der Waals surface area contributed by atoms with E-state index in [1.54, 1.807) is 6.07 Å². The van der Waals surface area contributed by atoms with Crippen LogP contribution >= 0.6 is 0 Å². The van der Waals surface area contributed by atoms with Crippen molar-refractivity contribution in [3.8, 4) is 11.5 Å². The zero-order valence-corrected chi connectivity index (χ0v) is 10.4. The number of nitrogens with zero attached hydrogens (tertiary/aromatic N) is 1. The minimum Gasteiger partial charge on any atom is -0.454 e. The highest BCUT2D eigenvalue weighted by Crippen LogP contribution is 2.41. The second-order valence-electron chi connectivity index (χ2n) is 4.43. The second kappa shape index (κ2) is 4.81. The lowest BCUT2D eigenvalue weighted by atomic mass is 9.92. The maximum Gasteiger partial charge on any atom is 0.278 e. The smallest absolute Gasteiger partial charge is 0.278 e. The van der Waals surface area contributed by atoms with Crippen LogP contribution in [-0.2, 0) is 0 Å². The molecule has 0 bridgehead atoms. The van der Waals surface area contributed by atoms with Crippen molar-refractivity contribution in [1.29, 1.82) is 0 Å². The first-order chi connectivity index (χ1) is 8.54. The SMILES string of the molecule is CCC(C)[C@H](N)c1cc2c(cc1[N+](=O)[O-])OCO2. The number of benzene rings is 1. The van der Waals surface area contributed by atoms with Gasteiger partial charge >= 0.3 is 0 Å². The molecule has 0 fully saturated rings. The number of hydrogen-bond acceptors (Lipinski definition) is 5. The summed E-state index contributed by atoms with van der Waals surface area (Å²) >= 11 is 0. The third-order valence-electron chi connectivity index (χ3n) is 3.33. The molecule has 0 saturated heterocycles. The number of rotatable bonds is 4. The lowest BCUT2D eigenvalue weighted by Gasteiger charge is -2.18. The Labute approximate surface area is 105 Å². The maximum absolute atomic E-state index is 11.1. The molecule has 1 aromatic carbocycles. The Morgan fingerprint density at radius 3 is 2.61 bits per heavy atom. The van der Waals surface area contributed by atoms with Crippen molar-refractivity contribution in [3.63, 3.8) is 0 Å². The van der Waals surface area contributed by atoms with Gasteiger partial charge in [-0.2, -0.15) is 0 Å². The summed E-state index contributed by atoms with van der Waals surface area (Å²) in [5, 5.41) is 11.1. The third-order valence-corrected chi connectivity index (χ3v) is 3.33. The minimum atomic E-state index is -0.431. The summed E-state index contributed by atoms with van der Waals surface area (Å²) in [6.45, 7) is 4.07. The van der Waals surface area contributed by atoms with Gasteiger partial charge in [0.15, 0.2) is 11.5 Å². The molecule has 0 spiro atoms. The first kappa shape index (κ1) is 12.6. The molecule has 1 aliphatic rings. The normalized spacial score (nSPS) is 16.4. The molecule has 2 N–H and O–H groups in total. The van der Waals surface area contributed by atoms with Gasteiger partial charge in [-0.15, -0.1) is 0 Å². The molecule has 1 unspecified atom stereocenters. The van der Waals surface area contributed by atoms with E-state index < -0.39 is 4.92 Å². The summed E-state index contributed by atoms with van der Waals surface area (Å²) in [4.78, 5) is 10.7. The van der Waals surface area contributed by atoms with E-state index >= 15 is 0 Å².